The van der Waals surface area contributed by atoms with E-state index in [1.165, 1.54) is 0 Å². The minimum Gasteiger partial charge on any atom is -0.378 e. The van der Waals surface area contributed by atoms with Crippen LogP contribution in [0.5, 0.6) is 0 Å². The lowest BCUT2D eigenvalue weighted by Crippen LogP contribution is -2.07. The number of halogens is 1. The quantitative estimate of drug-likeness (QED) is 0.713. The molecule has 0 N–H and O–H groups in total. The highest BCUT2D eigenvalue weighted by Crippen LogP contribution is 2.25. The average Bonchev–Trinajstić information content (AvgIpc) is 2.34. The van der Waals surface area contributed by atoms with Crippen molar-refractivity contribution in [3.05, 3.63) is 35.5 Å². The molecule has 72 valence electrons. The molecule has 0 fully saturated rings. The van der Waals surface area contributed by atoms with Crippen molar-refractivity contribution >= 4 is 17.3 Å². The lowest BCUT2D eigenvalue weighted by atomic mass is 10.2. The Balaban J connectivity index is 2.56. The minimum absolute atomic E-state index is 0.553. The van der Waals surface area contributed by atoms with Crippen LogP contribution in [0.25, 0.3) is 11.3 Å². The second-order valence-electron chi connectivity index (χ2n) is 3.41. The van der Waals surface area contributed by atoms with Crippen molar-refractivity contribution in [3.63, 3.8) is 0 Å². The van der Waals surface area contributed by atoms with Crippen molar-refractivity contribution in [1.82, 2.24) is 4.98 Å². The monoisotopic (exact) mass is 206 g/mol. The molecule has 2 rings (SSSR count). The molecule has 0 saturated carbocycles. The van der Waals surface area contributed by atoms with Gasteiger partial charge in [0.2, 0.25) is 0 Å². The van der Waals surface area contributed by atoms with Crippen LogP contribution in [0.3, 0.4) is 0 Å². The maximum atomic E-state index is 5.81. The number of fused-ring (bicyclic) bond motifs is 1. The molecule has 0 spiro atoms. The first-order valence-electron chi connectivity index (χ1n) is 4.40. The van der Waals surface area contributed by atoms with Crippen molar-refractivity contribution in [2.75, 3.05) is 19.0 Å². The number of hydrogen-bond acceptors (Lipinski definition) is 2. The number of aromatic nitrogens is 1. The highest BCUT2D eigenvalue weighted by molar-refractivity contribution is 6.30. The summed E-state index contributed by atoms with van der Waals surface area (Å²) in [4.78, 5) is 6.26. The summed E-state index contributed by atoms with van der Waals surface area (Å²) in [6, 6.07) is 9.97. The smallest absolute Gasteiger partial charge is 0.130 e. The Kier molecular flexibility index (Phi) is 2.30. The van der Waals surface area contributed by atoms with Crippen LogP contribution in [-0.2, 0) is 0 Å². The zero-order chi connectivity index (χ0) is 10.1. The number of hydrogen-bond donors (Lipinski definition) is 0. The van der Waals surface area contributed by atoms with E-state index in [2.05, 4.69) is 16.0 Å². The SMILES string of the molecule is CN(C)c1ccc2cc(Cl)nc-2cc1. The third kappa shape index (κ3) is 1.66. The van der Waals surface area contributed by atoms with Gasteiger partial charge in [0.05, 0.1) is 5.69 Å². The van der Waals surface area contributed by atoms with E-state index in [0.29, 0.717) is 5.15 Å². The first-order valence-corrected chi connectivity index (χ1v) is 4.78. The van der Waals surface area contributed by atoms with E-state index < -0.39 is 0 Å². The molecule has 0 amide bonds. The summed E-state index contributed by atoms with van der Waals surface area (Å²) in [6.07, 6.45) is 0. The molecule has 0 saturated heterocycles. The first kappa shape index (κ1) is 9.28. The summed E-state index contributed by atoms with van der Waals surface area (Å²) < 4.78 is 0. The van der Waals surface area contributed by atoms with Gasteiger partial charge in [0.15, 0.2) is 0 Å². The molecule has 3 heteroatoms. The van der Waals surface area contributed by atoms with Crippen LogP contribution in [0.15, 0.2) is 30.3 Å². The van der Waals surface area contributed by atoms with E-state index in [-0.39, 0.29) is 0 Å². The second kappa shape index (κ2) is 3.46. The van der Waals surface area contributed by atoms with E-state index in [9.17, 15) is 0 Å². The second-order valence-corrected chi connectivity index (χ2v) is 3.79. The zero-order valence-corrected chi connectivity index (χ0v) is 8.92. The molecule has 2 nitrogen and oxygen atoms in total. The summed E-state index contributed by atoms with van der Waals surface area (Å²) >= 11 is 5.81. The molecule has 2 aliphatic rings. The Morgan fingerprint density at radius 2 is 1.86 bits per heavy atom. The average molecular weight is 207 g/mol. The molecule has 0 bridgehead atoms. The summed E-state index contributed by atoms with van der Waals surface area (Å²) in [5, 5.41) is 0.553. The fourth-order valence-electron chi connectivity index (χ4n) is 1.37. The summed E-state index contributed by atoms with van der Waals surface area (Å²) in [6.45, 7) is 0. The van der Waals surface area contributed by atoms with E-state index in [1.807, 2.05) is 38.4 Å². The molecule has 0 radical (unpaired) electrons. The van der Waals surface area contributed by atoms with Gasteiger partial charge in [-0.2, -0.15) is 0 Å². The molecule has 14 heavy (non-hydrogen) atoms. The van der Waals surface area contributed by atoms with Gasteiger partial charge in [0.25, 0.3) is 0 Å². The standard InChI is InChI=1S/C11H11ClN2/c1-14(2)9-4-3-8-7-11(12)13-10(8)6-5-9/h3-7H,1-2H3. The summed E-state index contributed by atoms with van der Waals surface area (Å²) in [5.74, 6) is 0. The normalized spacial score (nSPS) is 10.5. The van der Waals surface area contributed by atoms with Crippen LogP contribution in [0, 0.1) is 0 Å². The van der Waals surface area contributed by atoms with Gasteiger partial charge < -0.3 is 4.90 Å². The van der Waals surface area contributed by atoms with Gasteiger partial charge in [-0.05, 0) is 24.3 Å². The Labute approximate surface area is 88.5 Å². The Bertz CT molecular complexity index is 392. The van der Waals surface area contributed by atoms with Crippen molar-refractivity contribution in [1.29, 1.82) is 0 Å². The van der Waals surface area contributed by atoms with Crippen LogP contribution in [0.4, 0.5) is 5.69 Å². The first-order chi connectivity index (χ1) is 6.66. The predicted molar refractivity (Wildman–Crippen MR) is 60.2 cm³/mol. The lowest BCUT2D eigenvalue weighted by molar-refractivity contribution is 1.13. The largest absolute Gasteiger partial charge is 0.378 e. The van der Waals surface area contributed by atoms with Crippen molar-refractivity contribution in [3.8, 4) is 11.3 Å². The third-order valence-corrected chi connectivity index (χ3v) is 2.35. The number of anilines is 1. The van der Waals surface area contributed by atoms with Crippen molar-refractivity contribution in [2.45, 2.75) is 0 Å². The maximum Gasteiger partial charge on any atom is 0.130 e. The van der Waals surface area contributed by atoms with Crippen LogP contribution in [-0.4, -0.2) is 19.1 Å². The Hall–Kier alpha value is -1.28. The molecule has 0 aromatic heterocycles. The number of rotatable bonds is 1. The maximum absolute atomic E-state index is 5.81. The topological polar surface area (TPSA) is 16.1 Å². The predicted octanol–water partition coefficient (Wildman–Crippen LogP) is 2.91. The minimum atomic E-state index is 0.553. The summed E-state index contributed by atoms with van der Waals surface area (Å²) in [5.41, 5.74) is 3.16. The molecule has 1 aliphatic heterocycles. The molecule has 0 aromatic carbocycles. The zero-order valence-electron chi connectivity index (χ0n) is 8.16. The van der Waals surface area contributed by atoms with Gasteiger partial charge in [0, 0.05) is 25.3 Å². The lowest BCUT2D eigenvalue weighted by Gasteiger charge is -2.09. The van der Waals surface area contributed by atoms with Crippen LogP contribution in [0.1, 0.15) is 0 Å². The molecule has 0 unspecified atom stereocenters. The Morgan fingerprint density at radius 1 is 1.14 bits per heavy atom. The van der Waals surface area contributed by atoms with Gasteiger partial charge in [-0.15, -0.1) is 0 Å². The third-order valence-electron chi connectivity index (χ3n) is 2.16. The molecule has 1 heterocycles. The van der Waals surface area contributed by atoms with E-state index in [1.54, 1.807) is 0 Å². The highest BCUT2D eigenvalue weighted by Gasteiger charge is 2.05. The molecular weight excluding hydrogens is 196 g/mol. The molecule has 0 atom stereocenters. The van der Waals surface area contributed by atoms with Gasteiger partial charge in [-0.3, -0.25) is 0 Å². The van der Waals surface area contributed by atoms with Gasteiger partial charge in [-0.25, -0.2) is 4.98 Å². The Morgan fingerprint density at radius 3 is 2.57 bits per heavy atom. The van der Waals surface area contributed by atoms with Gasteiger partial charge in [0.1, 0.15) is 5.15 Å². The van der Waals surface area contributed by atoms with E-state index in [4.69, 9.17) is 11.6 Å². The van der Waals surface area contributed by atoms with Crippen molar-refractivity contribution in [2.24, 2.45) is 0 Å². The highest BCUT2D eigenvalue weighted by atomic mass is 35.5. The van der Waals surface area contributed by atoms with Crippen LogP contribution in [0.2, 0.25) is 5.15 Å². The fraction of sp³-hybridized carbons (Fsp3) is 0.182. The van der Waals surface area contributed by atoms with Crippen molar-refractivity contribution < 1.29 is 0 Å². The fourth-order valence-corrected chi connectivity index (χ4v) is 1.58. The van der Waals surface area contributed by atoms with Gasteiger partial charge >= 0.3 is 0 Å². The molecule has 0 aromatic rings. The van der Waals surface area contributed by atoms with Crippen LogP contribution >= 0.6 is 11.6 Å². The van der Waals surface area contributed by atoms with Gasteiger partial charge in [-0.1, -0.05) is 17.7 Å². The summed E-state index contributed by atoms with van der Waals surface area (Å²) in [7, 11) is 4.03. The van der Waals surface area contributed by atoms with E-state index >= 15 is 0 Å². The van der Waals surface area contributed by atoms with E-state index in [0.717, 1.165) is 16.9 Å². The molecular formula is C11H11ClN2. The molecule has 1 aliphatic carbocycles. The van der Waals surface area contributed by atoms with Crippen LogP contribution < -0.4 is 4.90 Å². The number of nitrogens with zero attached hydrogens (tertiary/aromatic N) is 2.